The van der Waals surface area contributed by atoms with Crippen molar-refractivity contribution >= 4 is 22.6 Å². The number of rotatable bonds is 7. The number of hydrogen-bond donors (Lipinski definition) is 2. The third-order valence-corrected chi connectivity index (χ3v) is 6.64. The molecule has 2 N–H and O–H groups in total. The molecule has 2 unspecified atom stereocenters. The van der Waals surface area contributed by atoms with E-state index < -0.39 is 5.97 Å². The number of piperidine rings is 1. The molecule has 0 aliphatic carbocycles. The molecule has 0 spiro atoms. The predicted octanol–water partition coefficient (Wildman–Crippen LogP) is 4.76. The number of carboxylic acid groups (broad SMARTS) is 1. The van der Waals surface area contributed by atoms with Crippen molar-refractivity contribution in [2.75, 3.05) is 19.6 Å². The molecule has 1 fully saturated rings. The number of hydrogen-bond acceptors (Lipinski definition) is 3. The van der Waals surface area contributed by atoms with Crippen LogP contribution in [0.5, 0.6) is 0 Å². The molecule has 1 aliphatic heterocycles. The quantitative estimate of drug-likeness (QED) is 0.518. The highest BCUT2D eigenvalue weighted by Crippen LogP contribution is 2.33. The first-order chi connectivity index (χ1) is 16.0. The van der Waals surface area contributed by atoms with Gasteiger partial charge in [-0.15, -0.1) is 0 Å². The Labute approximate surface area is 194 Å². The fraction of sp³-hybridized carbons (Fsp3) is 0.286. The van der Waals surface area contributed by atoms with Gasteiger partial charge in [-0.2, -0.15) is 0 Å². The van der Waals surface area contributed by atoms with Gasteiger partial charge in [0.25, 0.3) is 0 Å². The topological polar surface area (TPSA) is 69.6 Å². The number of carboxylic acids is 1. The summed E-state index contributed by atoms with van der Waals surface area (Å²) in [7, 11) is 0. The van der Waals surface area contributed by atoms with Gasteiger partial charge < -0.3 is 15.3 Å². The second kappa shape index (κ2) is 10.5. The summed E-state index contributed by atoms with van der Waals surface area (Å²) in [5, 5.41) is 15.1. The molecule has 0 saturated carbocycles. The molecule has 1 aliphatic rings. The van der Waals surface area contributed by atoms with Gasteiger partial charge in [0, 0.05) is 37.2 Å². The van der Waals surface area contributed by atoms with E-state index >= 15 is 0 Å². The first kappa shape index (κ1) is 22.7. The van der Waals surface area contributed by atoms with Crippen LogP contribution < -0.4 is 5.32 Å². The molecule has 1 saturated heterocycles. The fourth-order valence-corrected chi connectivity index (χ4v) is 4.84. The molecule has 33 heavy (non-hydrogen) atoms. The van der Waals surface area contributed by atoms with Crippen LogP contribution in [0, 0.1) is 5.92 Å². The van der Waals surface area contributed by atoms with E-state index in [0.29, 0.717) is 19.0 Å². The molecule has 5 heteroatoms. The van der Waals surface area contributed by atoms with Gasteiger partial charge in [-0.25, -0.2) is 4.79 Å². The predicted molar refractivity (Wildman–Crippen MR) is 131 cm³/mol. The van der Waals surface area contributed by atoms with Gasteiger partial charge >= 0.3 is 5.97 Å². The van der Waals surface area contributed by atoms with Crippen molar-refractivity contribution in [1.82, 2.24) is 10.2 Å². The summed E-state index contributed by atoms with van der Waals surface area (Å²) in [6.45, 7) is 4.26. The Hall–Kier alpha value is -3.44. The molecule has 5 nitrogen and oxygen atoms in total. The maximum Gasteiger partial charge on any atom is 0.328 e. The number of aliphatic carboxylic acids is 1. The largest absolute Gasteiger partial charge is 0.478 e. The van der Waals surface area contributed by atoms with Crippen LogP contribution in [0.4, 0.5) is 0 Å². The third kappa shape index (κ3) is 5.49. The fourth-order valence-electron chi connectivity index (χ4n) is 4.84. The Morgan fingerprint density at radius 2 is 1.76 bits per heavy atom. The number of nitrogens with one attached hydrogen (secondary N) is 1. The van der Waals surface area contributed by atoms with Gasteiger partial charge in [0.1, 0.15) is 0 Å². The maximum atomic E-state index is 12.5. The van der Waals surface area contributed by atoms with Crippen LogP contribution in [-0.4, -0.2) is 41.5 Å². The van der Waals surface area contributed by atoms with E-state index in [1.54, 1.807) is 4.90 Å². The minimum Gasteiger partial charge on any atom is -0.478 e. The SMILES string of the molecule is C[C@@H](NCC1CCN(C(=O)/C=C\C(=O)O)CC1c1ccccc1)c1cccc2ccccc12. The van der Waals surface area contributed by atoms with Crippen LogP contribution in [0.3, 0.4) is 0 Å². The lowest BCUT2D eigenvalue weighted by Gasteiger charge is -2.39. The highest BCUT2D eigenvalue weighted by molar-refractivity contribution is 5.94. The van der Waals surface area contributed by atoms with Gasteiger partial charge in [-0.3, -0.25) is 4.79 Å². The number of amides is 1. The van der Waals surface area contributed by atoms with Gasteiger partial charge in [0.2, 0.25) is 5.91 Å². The standard InChI is InChI=1S/C28H30N2O3/c1-20(24-13-7-11-21-10-5-6-12-25(21)24)29-18-23-16-17-30(27(31)14-15-28(32)33)19-26(23)22-8-3-2-4-9-22/h2-15,20,23,26,29H,16-19H2,1H3,(H,32,33)/b15-14-/t20-,23?,26?/m1/s1. The molecular weight excluding hydrogens is 412 g/mol. The average Bonchev–Trinajstić information content (AvgIpc) is 2.86. The molecule has 0 aromatic heterocycles. The molecule has 0 radical (unpaired) electrons. The minimum absolute atomic E-state index is 0.189. The number of carbonyl (C=O) groups is 2. The Morgan fingerprint density at radius 1 is 1.03 bits per heavy atom. The molecule has 3 atom stereocenters. The van der Waals surface area contributed by atoms with Gasteiger partial charge in [0.05, 0.1) is 0 Å². The molecule has 3 aromatic carbocycles. The van der Waals surface area contributed by atoms with Crippen molar-refractivity contribution in [2.45, 2.75) is 25.3 Å². The van der Waals surface area contributed by atoms with Crippen LogP contribution >= 0.6 is 0 Å². The van der Waals surface area contributed by atoms with Crippen molar-refractivity contribution in [3.05, 3.63) is 96.1 Å². The van der Waals surface area contributed by atoms with E-state index in [1.165, 1.54) is 21.9 Å². The number of fused-ring (bicyclic) bond motifs is 1. The van der Waals surface area contributed by atoms with E-state index in [4.69, 9.17) is 5.11 Å². The summed E-state index contributed by atoms with van der Waals surface area (Å²) in [6, 6.07) is 25.4. The van der Waals surface area contributed by atoms with E-state index in [-0.39, 0.29) is 17.9 Å². The second-order valence-electron chi connectivity index (χ2n) is 8.72. The van der Waals surface area contributed by atoms with Gasteiger partial charge in [-0.1, -0.05) is 72.8 Å². The van der Waals surface area contributed by atoms with E-state index in [1.807, 2.05) is 18.2 Å². The molecule has 4 rings (SSSR count). The van der Waals surface area contributed by atoms with Crippen LogP contribution in [0.2, 0.25) is 0 Å². The van der Waals surface area contributed by atoms with E-state index in [2.05, 4.69) is 66.8 Å². The first-order valence-corrected chi connectivity index (χ1v) is 11.5. The van der Waals surface area contributed by atoms with Gasteiger partial charge in [0.15, 0.2) is 0 Å². The average molecular weight is 443 g/mol. The van der Waals surface area contributed by atoms with Crippen molar-refractivity contribution in [2.24, 2.45) is 5.92 Å². The van der Waals surface area contributed by atoms with Crippen LogP contribution in [0.25, 0.3) is 10.8 Å². The Bertz CT molecular complexity index is 1140. The lowest BCUT2D eigenvalue weighted by atomic mass is 9.80. The molecule has 1 heterocycles. The molecule has 3 aromatic rings. The maximum absolute atomic E-state index is 12.5. The van der Waals surface area contributed by atoms with Crippen LogP contribution in [0.15, 0.2) is 84.9 Å². The number of benzene rings is 3. The highest BCUT2D eigenvalue weighted by atomic mass is 16.4. The number of carbonyl (C=O) groups excluding carboxylic acids is 1. The zero-order valence-corrected chi connectivity index (χ0v) is 18.9. The molecule has 1 amide bonds. The summed E-state index contributed by atoms with van der Waals surface area (Å²) in [4.78, 5) is 25.1. The monoisotopic (exact) mass is 442 g/mol. The zero-order valence-electron chi connectivity index (χ0n) is 18.9. The second-order valence-corrected chi connectivity index (χ2v) is 8.72. The number of nitrogens with zero attached hydrogens (tertiary/aromatic N) is 1. The van der Waals surface area contributed by atoms with Crippen molar-refractivity contribution in [3.63, 3.8) is 0 Å². The van der Waals surface area contributed by atoms with Crippen molar-refractivity contribution < 1.29 is 14.7 Å². The molecular formula is C28H30N2O3. The van der Waals surface area contributed by atoms with Gasteiger partial charge in [-0.05, 0) is 47.7 Å². The van der Waals surface area contributed by atoms with Crippen LogP contribution in [-0.2, 0) is 9.59 Å². The summed E-state index contributed by atoms with van der Waals surface area (Å²) in [5.74, 6) is -0.787. The first-order valence-electron chi connectivity index (χ1n) is 11.5. The lowest BCUT2D eigenvalue weighted by Crippen LogP contribution is -2.45. The smallest absolute Gasteiger partial charge is 0.328 e. The van der Waals surface area contributed by atoms with Crippen molar-refractivity contribution in [1.29, 1.82) is 0 Å². The van der Waals surface area contributed by atoms with E-state index in [0.717, 1.165) is 25.1 Å². The Morgan fingerprint density at radius 3 is 2.55 bits per heavy atom. The summed E-state index contributed by atoms with van der Waals surface area (Å²) in [5.41, 5.74) is 2.50. The highest BCUT2D eigenvalue weighted by Gasteiger charge is 2.32. The minimum atomic E-state index is -1.11. The molecule has 170 valence electrons. The van der Waals surface area contributed by atoms with Crippen LogP contribution in [0.1, 0.15) is 36.4 Å². The number of likely N-dealkylation sites (tertiary alicyclic amines) is 1. The normalized spacial score (nSPS) is 19.6. The zero-order chi connectivity index (χ0) is 23.2. The summed E-state index contributed by atoms with van der Waals surface area (Å²) < 4.78 is 0. The Balaban J connectivity index is 1.49. The van der Waals surface area contributed by atoms with Crippen molar-refractivity contribution in [3.8, 4) is 0 Å². The molecule has 0 bridgehead atoms. The summed E-state index contributed by atoms with van der Waals surface area (Å²) >= 11 is 0. The summed E-state index contributed by atoms with van der Waals surface area (Å²) in [6.07, 6.45) is 2.94. The third-order valence-electron chi connectivity index (χ3n) is 6.64. The lowest BCUT2D eigenvalue weighted by molar-refractivity contribution is -0.132. The van der Waals surface area contributed by atoms with E-state index in [9.17, 15) is 9.59 Å². The Kier molecular flexibility index (Phi) is 7.20.